The van der Waals surface area contributed by atoms with Crippen LogP contribution in [0.2, 0.25) is 0 Å². The number of nitrogens with one attached hydrogen (secondary N) is 1. The van der Waals surface area contributed by atoms with E-state index >= 15 is 0 Å². The normalized spacial score (nSPS) is 12.4. The van der Waals surface area contributed by atoms with Crippen molar-refractivity contribution in [2.75, 3.05) is 0 Å². The number of carbonyl (C=O) groups is 1. The van der Waals surface area contributed by atoms with Gasteiger partial charge in [0, 0.05) is 5.69 Å². The van der Waals surface area contributed by atoms with Gasteiger partial charge in [-0.3, -0.25) is 4.79 Å². The van der Waals surface area contributed by atoms with E-state index in [9.17, 15) is 4.79 Å². The van der Waals surface area contributed by atoms with Crippen molar-refractivity contribution in [2.45, 2.75) is 40.7 Å². The van der Waals surface area contributed by atoms with Crippen molar-refractivity contribution in [3.8, 4) is 0 Å². The largest absolute Gasteiger partial charge is 0.345 e. The average molecular weight is 323 g/mol. The maximum absolute atomic E-state index is 12.8. The van der Waals surface area contributed by atoms with E-state index in [1.807, 2.05) is 20.8 Å². The summed E-state index contributed by atoms with van der Waals surface area (Å²) in [4.78, 5) is 17.1. The minimum Gasteiger partial charge on any atom is -0.345 e. The second kappa shape index (κ2) is 6.07. The molecule has 3 rings (SSSR count). The van der Waals surface area contributed by atoms with Crippen molar-refractivity contribution in [3.05, 3.63) is 57.9 Å². The number of carbonyl (C=O) groups excluding carboxylic acids is 1. The molecule has 1 aromatic carbocycles. The molecule has 0 radical (unpaired) electrons. The summed E-state index contributed by atoms with van der Waals surface area (Å²) in [6.07, 6.45) is 0. The van der Waals surface area contributed by atoms with Crippen molar-refractivity contribution in [3.63, 3.8) is 0 Å². The summed E-state index contributed by atoms with van der Waals surface area (Å²) >= 11 is 0. The van der Waals surface area contributed by atoms with Crippen molar-refractivity contribution < 1.29 is 9.32 Å². The van der Waals surface area contributed by atoms with Gasteiger partial charge in [0.15, 0.2) is 0 Å². The molecule has 1 atom stereocenters. The van der Waals surface area contributed by atoms with Gasteiger partial charge in [0.05, 0.1) is 22.7 Å². The summed E-state index contributed by atoms with van der Waals surface area (Å²) in [6.45, 7) is 9.76. The summed E-state index contributed by atoms with van der Waals surface area (Å²) in [7, 11) is 0. The van der Waals surface area contributed by atoms with Crippen molar-refractivity contribution >= 4 is 17.0 Å². The van der Waals surface area contributed by atoms with E-state index in [-0.39, 0.29) is 11.9 Å². The number of rotatable bonds is 3. The third kappa shape index (κ3) is 2.89. The molecule has 2 heterocycles. The third-order valence-corrected chi connectivity index (χ3v) is 4.23. The van der Waals surface area contributed by atoms with Crippen LogP contribution in [-0.4, -0.2) is 16.0 Å². The van der Waals surface area contributed by atoms with Gasteiger partial charge in [-0.1, -0.05) is 28.9 Å². The summed E-state index contributed by atoms with van der Waals surface area (Å²) in [6, 6.07) is 7.92. The number of aryl methyl sites for hydroxylation is 4. The molecule has 0 unspecified atom stereocenters. The summed E-state index contributed by atoms with van der Waals surface area (Å²) in [5.74, 6) is -0.149. The first-order valence-electron chi connectivity index (χ1n) is 7.98. The highest BCUT2D eigenvalue weighted by molar-refractivity contribution is 6.06. The van der Waals surface area contributed by atoms with Gasteiger partial charge in [-0.2, -0.15) is 0 Å². The molecule has 0 bridgehead atoms. The van der Waals surface area contributed by atoms with E-state index in [2.05, 4.69) is 47.5 Å². The molecule has 3 aromatic rings. The number of nitrogens with zero attached hydrogens (tertiary/aromatic N) is 2. The maximum atomic E-state index is 12.8. The Labute approximate surface area is 141 Å². The molecule has 2 aromatic heterocycles. The van der Waals surface area contributed by atoms with Crippen molar-refractivity contribution in [1.82, 2.24) is 15.5 Å². The van der Waals surface area contributed by atoms with Crippen LogP contribution in [0.4, 0.5) is 0 Å². The van der Waals surface area contributed by atoms with Crippen molar-refractivity contribution in [1.29, 1.82) is 0 Å². The Kier molecular flexibility index (Phi) is 4.09. The predicted octanol–water partition coefficient (Wildman–Crippen LogP) is 3.95. The predicted molar refractivity (Wildman–Crippen MR) is 93.1 cm³/mol. The number of benzene rings is 1. The monoisotopic (exact) mass is 323 g/mol. The van der Waals surface area contributed by atoms with Crippen LogP contribution in [0, 0.1) is 27.7 Å². The summed E-state index contributed by atoms with van der Waals surface area (Å²) in [5.41, 5.74) is 5.83. The van der Waals surface area contributed by atoms with Gasteiger partial charge in [0.1, 0.15) is 0 Å². The Hall–Kier alpha value is -2.69. The number of fused-ring (bicyclic) bond motifs is 1. The number of hydrogen-bond donors (Lipinski definition) is 1. The van der Waals surface area contributed by atoms with Gasteiger partial charge < -0.3 is 9.84 Å². The first kappa shape index (κ1) is 16.2. The fraction of sp³-hybridized carbons (Fsp3) is 0.316. The Morgan fingerprint density at radius 1 is 1.17 bits per heavy atom. The molecule has 124 valence electrons. The topological polar surface area (TPSA) is 68.0 Å². The van der Waals surface area contributed by atoms with Crippen LogP contribution in [-0.2, 0) is 0 Å². The van der Waals surface area contributed by atoms with E-state index in [0.717, 1.165) is 11.3 Å². The fourth-order valence-corrected chi connectivity index (χ4v) is 3.06. The van der Waals surface area contributed by atoms with Crippen LogP contribution < -0.4 is 5.32 Å². The van der Waals surface area contributed by atoms with Crippen LogP contribution in [0.3, 0.4) is 0 Å². The zero-order chi connectivity index (χ0) is 17.4. The molecule has 0 aliphatic rings. The lowest BCUT2D eigenvalue weighted by Gasteiger charge is -2.17. The Bertz CT molecular complexity index is 928. The standard InChI is InChI=1S/C19H21N3O2/c1-10-6-7-15(11(2)8-10)13(4)21-18(23)16-9-12(3)20-19-17(16)14(5)22-24-19/h6-9,13H,1-5H3,(H,21,23)/t13-/m0/s1. The quantitative estimate of drug-likeness (QED) is 0.792. The SMILES string of the molecule is Cc1ccc([C@H](C)NC(=O)c2cc(C)nc3onc(C)c23)c(C)c1. The number of amides is 1. The van der Waals surface area contributed by atoms with E-state index in [4.69, 9.17) is 4.52 Å². The average Bonchev–Trinajstić information content (AvgIpc) is 2.87. The molecule has 0 fully saturated rings. The molecular formula is C19H21N3O2. The second-order valence-electron chi connectivity index (χ2n) is 6.31. The highest BCUT2D eigenvalue weighted by Crippen LogP contribution is 2.24. The molecule has 0 saturated carbocycles. The first-order valence-corrected chi connectivity index (χ1v) is 7.98. The minimum atomic E-state index is -0.149. The highest BCUT2D eigenvalue weighted by Gasteiger charge is 2.20. The van der Waals surface area contributed by atoms with Gasteiger partial charge in [-0.05, 0) is 51.8 Å². The molecule has 0 spiro atoms. The maximum Gasteiger partial charge on any atom is 0.258 e. The lowest BCUT2D eigenvalue weighted by atomic mass is 10.00. The van der Waals surface area contributed by atoms with E-state index < -0.39 is 0 Å². The lowest BCUT2D eigenvalue weighted by molar-refractivity contribution is 0.0941. The molecule has 0 aliphatic carbocycles. The second-order valence-corrected chi connectivity index (χ2v) is 6.31. The molecule has 1 amide bonds. The van der Waals surface area contributed by atoms with E-state index in [0.29, 0.717) is 22.4 Å². The molecule has 0 saturated heterocycles. The first-order chi connectivity index (χ1) is 11.4. The smallest absolute Gasteiger partial charge is 0.258 e. The van der Waals surface area contributed by atoms with E-state index in [1.165, 1.54) is 11.1 Å². The van der Waals surface area contributed by atoms with E-state index in [1.54, 1.807) is 6.07 Å². The Balaban J connectivity index is 1.94. The summed E-state index contributed by atoms with van der Waals surface area (Å²) < 4.78 is 5.20. The zero-order valence-electron chi connectivity index (χ0n) is 14.6. The molecule has 5 heteroatoms. The summed E-state index contributed by atoms with van der Waals surface area (Å²) in [5, 5.41) is 7.67. The molecule has 1 N–H and O–H groups in total. The van der Waals surface area contributed by atoms with Gasteiger partial charge >= 0.3 is 0 Å². The molecule has 24 heavy (non-hydrogen) atoms. The molecule has 5 nitrogen and oxygen atoms in total. The van der Waals surface area contributed by atoms with Crippen LogP contribution >= 0.6 is 0 Å². The highest BCUT2D eigenvalue weighted by atomic mass is 16.5. The van der Waals surface area contributed by atoms with Gasteiger partial charge in [0.2, 0.25) is 0 Å². The number of hydrogen-bond acceptors (Lipinski definition) is 4. The fourth-order valence-electron chi connectivity index (χ4n) is 3.06. The lowest BCUT2D eigenvalue weighted by Crippen LogP contribution is -2.27. The molecular weight excluding hydrogens is 302 g/mol. The minimum absolute atomic E-state index is 0.0956. The molecule has 0 aliphatic heterocycles. The van der Waals surface area contributed by atoms with Crippen LogP contribution in [0.15, 0.2) is 28.8 Å². The van der Waals surface area contributed by atoms with Crippen LogP contribution in [0.25, 0.3) is 11.1 Å². The Morgan fingerprint density at radius 2 is 1.92 bits per heavy atom. The number of aromatic nitrogens is 2. The Morgan fingerprint density at radius 3 is 2.62 bits per heavy atom. The van der Waals surface area contributed by atoms with Crippen LogP contribution in [0.5, 0.6) is 0 Å². The van der Waals surface area contributed by atoms with Gasteiger partial charge in [-0.15, -0.1) is 0 Å². The number of pyridine rings is 1. The van der Waals surface area contributed by atoms with Gasteiger partial charge in [-0.25, -0.2) is 4.98 Å². The van der Waals surface area contributed by atoms with Gasteiger partial charge in [0.25, 0.3) is 11.6 Å². The van der Waals surface area contributed by atoms with Crippen molar-refractivity contribution in [2.24, 2.45) is 0 Å². The zero-order valence-corrected chi connectivity index (χ0v) is 14.6. The third-order valence-electron chi connectivity index (χ3n) is 4.23. The van der Waals surface area contributed by atoms with Crippen LogP contribution in [0.1, 0.15) is 51.4 Å².